The molecule has 134 valence electrons. The van der Waals surface area contributed by atoms with E-state index in [4.69, 9.17) is 4.98 Å². The molecule has 1 aromatic carbocycles. The minimum Gasteiger partial charge on any atom is -0.396 e. The van der Waals surface area contributed by atoms with Gasteiger partial charge in [0.1, 0.15) is 0 Å². The van der Waals surface area contributed by atoms with E-state index in [0.717, 1.165) is 17.7 Å². The summed E-state index contributed by atoms with van der Waals surface area (Å²) in [5.41, 5.74) is 1.94. The Bertz CT molecular complexity index is 678. The highest BCUT2D eigenvalue weighted by molar-refractivity contribution is 5.54. The smallest absolute Gasteiger partial charge is 0.159 e. The van der Waals surface area contributed by atoms with Crippen molar-refractivity contribution < 1.29 is 10.2 Å². The number of hydrogen-bond donors (Lipinski definition) is 3. The van der Waals surface area contributed by atoms with E-state index in [1.165, 1.54) is 0 Å². The van der Waals surface area contributed by atoms with Gasteiger partial charge in [-0.2, -0.15) is 0 Å². The fraction of sp³-hybridized carbons (Fsp3) is 0.500. The number of nitrogens with one attached hydrogen (secondary N) is 1. The quantitative estimate of drug-likeness (QED) is 0.749. The zero-order valence-electron chi connectivity index (χ0n) is 14.8. The summed E-state index contributed by atoms with van der Waals surface area (Å²) >= 11 is 0. The third-order valence-corrected chi connectivity index (χ3v) is 5.00. The van der Waals surface area contributed by atoms with Crippen LogP contribution in [0, 0.1) is 11.8 Å². The predicted octanol–water partition coefficient (Wildman–Crippen LogP) is 2.04. The summed E-state index contributed by atoms with van der Waals surface area (Å²) in [6.07, 6.45) is 2.70. The first-order valence-electron chi connectivity index (χ1n) is 9.00. The van der Waals surface area contributed by atoms with Crippen molar-refractivity contribution in [2.24, 2.45) is 11.8 Å². The first-order valence-corrected chi connectivity index (χ1v) is 9.00. The number of aliphatic hydroxyl groups is 2. The van der Waals surface area contributed by atoms with Crippen LogP contribution >= 0.6 is 0 Å². The molecule has 5 heteroatoms. The maximum absolute atomic E-state index is 10.3. The van der Waals surface area contributed by atoms with Crippen molar-refractivity contribution in [1.29, 1.82) is 0 Å². The van der Waals surface area contributed by atoms with Gasteiger partial charge in [0.05, 0.1) is 6.10 Å². The highest BCUT2D eigenvalue weighted by Gasteiger charge is 2.42. The molecule has 4 atom stereocenters. The molecule has 3 N–H and O–H groups in total. The van der Waals surface area contributed by atoms with Crippen molar-refractivity contribution in [2.45, 2.75) is 44.9 Å². The maximum atomic E-state index is 10.3. The van der Waals surface area contributed by atoms with Gasteiger partial charge in [-0.05, 0) is 24.8 Å². The molecule has 1 aliphatic carbocycles. The second kappa shape index (κ2) is 8.04. The van der Waals surface area contributed by atoms with E-state index in [2.05, 4.69) is 24.1 Å². The van der Waals surface area contributed by atoms with Crippen LogP contribution in [-0.4, -0.2) is 45.0 Å². The largest absolute Gasteiger partial charge is 0.396 e. The molecule has 1 fully saturated rings. The van der Waals surface area contributed by atoms with Gasteiger partial charge in [0.25, 0.3) is 0 Å². The lowest BCUT2D eigenvalue weighted by atomic mass is 9.88. The van der Waals surface area contributed by atoms with Crippen LogP contribution in [0.25, 0.3) is 11.4 Å². The standard InChI is InChI=1S/C20H27N3O2/c1-13(2)22-18-11-19(25)17(12-24)16(18)10-15-8-9-21-20(23-15)14-6-4-3-5-7-14/h3-9,13,16-19,22,24-25H,10-12H2,1-2H3. The third-order valence-electron chi connectivity index (χ3n) is 5.00. The number of aliphatic hydroxyl groups excluding tert-OH is 2. The Morgan fingerprint density at radius 2 is 1.92 bits per heavy atom. The molecule has 0 aliphatic heterocycles. The molecule has 25 heavy (non-hydrogen) atoms. The fourth-order valence-corrected chi connectivity index (χ4v) is 3.84. The summed E-state index contributed by atoms with van der Waals surface area (Å²) in [5.74, 6) is 0.748. The van der Waals surface area contributed by atoms with E-state index in [9.17, 15) is 10.2 Å². The van der Waals surface area contributed by atoms with Crippen molar-refractivity contribution in [3.8, 4) is 11.4 Å². The zero-order chi connectivity index (χ0) is 17.8. The van der Waals surface area contributed by atoms with Gasteiger partial charge in [0.2, 0.25) is 0 Å². The maximum Gasteiger partial charge on any atom is 0.159 e. The summed E-state index contributed by atoms with van der Waals surface area (Å²) in [4.78, 5) is 9.09. The van der Waals surface area contributed by atoms with E-state index in [0.29, 0.717) is 18.3 Å². The Labute approximate surface area is 149 Å². The monoisotopic (exact) mass is 341 g/mol. The Morgan fingerprint density at radius 3 is 2.60 bits per heavy atom. The Kier molecular flexibility index (Phi) is 5.78. The van der Waals surface area contributed by atoms with Crippen LogP contribution in [0.5, 0.6) is 0 Å². The van der Waals surface area contributed by atoms with Gasteiger partial charge < -0.3 is 15.5 Å². The van der Waals surface area contributed by atoms with Crippen LogP contribution < -0.4 is 5.32 Å². The average molecular weight is 341 g/mol. The Balaban J connectivity index is 1.82. The molecular weight excluding hydrogens is 314 g/mol. The third kappa shape index (κ3) is 4.24. The van der Waals surface area contributed by atoms with E-state index >= 15 is 0 Å². The van der Waals surface area contributed by atoms with Crippen LogP contribution in [0.2, 0.25) is 0 Å². The normalized spacial score (nSPS) is 26.3. The predicted molar refractivity (Wildman–Crippen MR) is 97.9 cm³/mol. The molecule has 1 heterocycles. The highest BCUT2D eigenvalue weighted by Crippen LogP contribution is 2.35. The Hall–Kier alpha value is -1.82. The highest BCUT2D eigenvalue weighted by atomic mass is 16.3. The molecular formula is C20H27N3O2. The molecule has 0 spiro atoms. The van der Waals surface area contributed by atoms with E-state index in [1.807, 2.05) is 36.4 Å². The lowest BCUT2D eigenvalue weighted by Crippen LogP contribution is -2.40. The molecule has 0 saturated heterocycles. The summed E-state index contributed by atoms with van der Waals surface area (Å²) in [6, 6.07) is 12.4. The van der Waals surface area contributed by atoms with Gasteiger partial charge >= 0.3 is 0 Å². The molecule has 1 saturated carbocycles. The summed E-state index contributed by atoms with van der Waals surface area (Å²) < 4.78 is 0. The second-order valence-electron chi connectivity index (χ2n) is 7.18. The molecule has 0 radical (unpaired) electrons. The molecule has 1 aliphatic rings. The van der Waals surface area contributed by atoms with Crippen LogP contribution in [0.15, 0.2) is 42.6 Å². The number of benzene rings is 1. The summed E-state index contributed by atoms with van der Waals surface area (Å²) in [7, 11) is 0. The molecule has 2 aromatic rings. The van der Waals surface area contributed by atoms with Gasteiger partial charge in [0.15, 0.2) is 5.82 Å². The lowest BCUT2D eigenvalue weighted by Gasteiger charge is -2.26. The number of aromatic nitrogens is 2. The van der Waals surface area contributed by atoms with Crippen LogP contribution in [-0.2, 0) is 6.42 Å². The van der Waals surface area contributed by atoms with Crippen LogP contribution in [0.4, 0.5) is 0 Å². The van der Waals surface area contributed by atoms with Gasteiger partial charge in [-0.15, -0.1) is 0 Å². The van der Waals surface area contributed by atoms with Crippen molar-refractivity contribution in [2.75, 3.05) is 6.61 Å². The fourth-order valence-electron chi connectivity index (χ4n) is 3.84. The van der Waals surface area contributed by atoms with E-state index in [1.54, 1.807) is 6.20 Å². The molecule has 0 amide bonds. The lowest BCUT2D eigenvalue weighted by molar-refractivity contribution is 0.0715. The van der Waals surface area contributed by atoms with Gasteiger partial charge in [-0.1, -0.05) is 44.2 Å². The zero-order valence-corrected chi connectivity index (χ0v) is 14.8. The van der Waals surface area contributed by atoms with Gasteiger partial charge in [-0.25, -0.2) is 9.97 Å². The number of hydrogen-bond acceptors (Lipinski definition) is 5. The van der Waals surface area contributed by atoms with Crippen molar-refractivity contribution >= 4 is 0 Å². The van der Waals surface area contributed by atoms with Crippen LogP contribution in [0.3, 0.4) is 0 Å². The minimum atomic E-state index is -0.471. The van der Waals surface area contributed by atoms with Crippen molar-refractivity contribution in [3.05, 3.63) is 48.3 Å². The summed E-state index contributed by atoms with van der Waals surface area (Å²) in [6.45, 7) is 4.21. The van der Waals surface area contributed by atoms with Gasteiger partial charge in [-0.3, -0.25) is 0 Å². The van der Waals surface area contributed by atoms with Crippen molar-refractivity contribution in [1.82, 2.24) is 15.3 Å². The minimum absolute atomic E-state index is 0.00126. The first-order chi connectivity index (χ1) is 12.1. The molecule has 3 rings (SSSR count). The second-order valence-corrected chi connectivity index (χ2v) is 7.18. The Morgan fingerprint density at radius 1 is 1.16 bits per heavy atom. The average Bonchev–Trinajstić information content (AvgIpc) is 2.89. The van der Waals surface area contributed by atoms with Crippen LogP contribution in [0.1, 0.15) is 26.0 Å². The van der Waals surface area contributed by atoms with Gasteiger partial charge in [0, 0.05) is 42.1 Å². The SMILES string of the molecule is CC(C)NC1CC(O)C(CO)C1Cc1ccnc(-c2ccccc2)n1. The first kappa shape index (κ1) is 18.0. The molecule has 5 nitrogen and oxygen atoms in total. The van der Waals surface area contributed by atoms with E-state index < -0.39 is 6.10 Å². The number of nitrogens with zero attached hydrogens (tertiary/aromatic N) is 2. The van der Waals surface area contributed by atoms with Crippen molar-refractivity contribution in [3.63, 3.8) is 0 Å². The number of rotatable bonds is 6. The molecule has 4 unspecified atom stereocenters. The molecule has 1 aromatic heterocycles. The summed E-state index contributed by atoms with van der Waals surface area (Å²) in [5, 5.41) is 23.6. The van der Waals surface area contributed by atoms with E-state index in [-0.39, 0.29) is 24.5 Å². The molecule has 0 bridgehead atoms. The topological polar surface area (TPSA) is 78.3 Å².